The lowest BCUT2D eigenvalue weighted by atomic mass is 9.83. The molecule has 8 nitrogen and oxygen atoms in total. The van der Waals surface area contributed by atoms with E-state index in [1.807, 2.05) is 40.7 Å². The van der Waals surface area contributed by atoms with E-state index in [1.165, 1.54) is 0 Å². The van der Waals surface area contributed by atoms with E-state index < -0.39 is 0 Å². The van der Waals surface area contributed by atoms with Gasteiger partial charge in [-0.1, -0.05) is 31.5 Å². The summed E-state index contributed by atoms with van der Waals surface area (Å²) in [5.74, 6) is 0.988. The SMILES string of the molecule is CCCCN1C(=O)CCC(C(=O)NCc2n[nH]c(=S)n2CC)C1c1ccccc1OC. The lowest BCUT2D eigenvalue weighted by molar-refractivity contribution is -0.143. The molecule has 31 heavy (non-hydrogen) atoms. The fraction of sp³-hybridized carbons (Fsp3) is 0.545. The van der Waals surface area contributed by atoms with Gasteiger partial charge in [0.1, 0.15) is 5.75 Å². The highest BCUT2D eigenvalue weighted by Crippen LogP contribution is 2.40. The minimum Gasteiger partial charge on any atom is -0.496 e. The number of rotatable bonds is 9. The van der Waals surface area contributed by atoms with E-state index in [1.54, 1.807) is 7.11 Å². The Morgan fingerprint density at radius 2 is 2.13 bits per heavy atom. The molecule has 1 fully saturated rings. The van der Waals surface area contributed by atoms with Crippen molar-refractivity contribution in [2.75, 3.05) is 13.7 Å². The molecule has 0 saturated carbocycles. The fourth-order valence-corrected chi connectivity index (χ4v) is 4.50. The highest BCUT2D eigenvalue weighted by Gasteiger charge is 2.41. The number of hydrogen-bond donors (Lipinski definition) is 2. The number of likely N-dealkylation sites (tertiary alicyclic amines) is 1. The van der Waals surface area contributed by atoms with Crippen LogP contribution in [0, 0.1) is 10.7 Å². The summed E-state index contributed by atoms with van der Waals surface area (Å²) in [5.41, 5.74) is 0.866. The Labute approximate surface area is 188 Å². The van der Waals surface area contributed by atoms with Crippen LogP contribution in [0.4, 0.5) is 0 Å². The standard InChI is InChI=1S/C22H31N5O3S/c1-4-6-13-27-19(28)12-11-16(20(27)15-9-7-8-10-17(15)30-3)21(29)23-14-18-24-25-22(31)26(18)5-2/h7-10,16,20H,4-6,11-14H2,1-3H3,(H,23,29)(H,25,31). The van der Waals surface area contributed by atoms with Gasteiger partial charge in [0, 0.05) is 25.1 Å². The lowest BCUT2D eigenvalue weighted by Gasteiger charge is -2.41. The average Bonchev–Trinajstić information content (AvgIpc) is 3.15. The van der Waals surface area contributed by atoms with Crippen molar-refractivity contribution in [3.63, 3.8) is 0 Å². The molecule has 168 valence electrons. The molecule has 2 amide bonds. The summed E-state index contributed by atoms with van der Waals surface area (Å²) in [6, 6.07) is 7.27. The lowest BCUT2D eigenvalue weighted by Crippen LogP contribution is -2.48. The molecule has 2 heterocycles. The predicted octanol–water partition coefficient (Wildman–Crippen LogP) is 3.37. The maximum atomic E-state index is 13.3. The first-order chi connectivity index (χ1) is 15.0. The normalized spacial score (nSPS) is 18.8. The molecule has 9 heteroatoms. The van der Waals surface area contributed by atoms with Crippen molar-refractivity contribution in [3.8, 4) is 5.75 Å². The first-order valence-corrected chi connectivity index (χ1v) is 11.3. The fourth-order valence-electron chi connectivity index (χ4n) is 4.22. The maximum Gasteiger partial charge on any atom is 0.225 e. The molecule has 1 aliphatic rings. The number of carbonyl (C=O) groups excluding carboxylic acids is 2. The Balaban J connectivity index is 1.89. The Kier molecular flexibility index (Phi) is 7.84. The number of methoxy groups -OCH3 is 1. The first-order valence-electron chi connectivity index (χ1n) is 10.9. The van der Waals surface area contributed by atoms with Crippen LogP contribution in [-0.2, 0) is 22.7 Å². The Hall–Kier alpha value is -2.68. The number of nitrogens with zero attached hydrogens (tertiary/aromatic N) is 3. The third-order valence-corrected chi connectivity index (χ3v) is 6.14. The zero-order valence-electron chi connectivity index (χ0n) is 18.4. The number of piperidine rings is 1. The number of ether oxygens (including phenoxy) is 1. The molecule has 1 aromatic carbocycles. The van der Waals surface area contributed by atoms with Crippen LogP contribution >= 0.6 is 12.2 Å². The number of benzene rings is 1. The number of nitrogens with one attached hydrogen (secondary N) is 2. The quantitative estimate of drug-likeness (QED) is 0.578. The van der Waals surface area contributed by atoms with Gasteiger partial charge < -0.3 is 19.5 Å². The van der Waals surface area contributed by atoms with Gasteiger partial charge in [-0.25, -0.2) is 0 Å². The molecule has 1 aliphatic heterocycles. The molecule has 0 spiro atoms. The molecule has 0 bridgehead atoms. The average molecular weight is 446 g/mol. The molecule has 2 unspecified atom stereocenters. The minimum atomic E-state index is -0.372. The van der Waals surface area contributed by atoms with E-state index in [9.17, 15) is 9.59 Å². The van der Waals surface area contributed by atoms with E-state index >= 15 is 0 Å². The summed E-state index contributed by atoms with van der Waals surface area (Å²) in [4.78, 5) is 28.0. The van der Waals surface area contributed by atoms with Crippen molar-refractivity contribution < 1.29 is 14.3 Å². The highest BCUT2D eigenvalue weighted by molar-refractivity contribution is 7.71. The van der Waals surface area contributed by atoms with Crippen molar-refractivity contribution in [1.29, 1.82) is 0 Å². The summed E-state index contributed by atoms with van der Waals surface area (Å²) in [5, 5.41) is 10.0. The second-order valence-electron chi connectivity index (χ2n) is 7.68. The van der Waals surface area contributed by atoms with Crippen LogP contribution in [0.25, 0.3) is 0 Å². The van der Waals surface area contributed by atoms with E-state index in [0.717, 1.165) is 18.4 Å². The zero-order chi connectivity index (χ0) is 22.4. The van der Waals surface area contributed by atoms with Crippen LogP contribution in [0.2, 0.25) is 0 Å². The van der Waals surface area contributed by atoms with Crippen molar-refractivity contribution in [1.82, 2.24) is 25.0 Å². The summed E-state index contributed by atoms with van der Waals surface area (Å²) in [6.07, 6.45) is 2.72. The number of unbranched alkanes of at least 4 members (excludes halogenated alkanes) is 1. The zero-order valence-corrected chi connectivity index (χ0v) is 19.2. The summed E-state index contributed by atoms with van der Waals surface area (Å²) < 4.78 is 7.97. The number of para-hydroxylation sites is 1. The van der Waals surface area contributed by atoms with Gasteiger partial charge in [-0.15, -0.1) is 0 Å². The van der Waals surface area contributed by atoms with Crippen LogP contribution in [0.3, 0.4) is 0 Å². The van der Waals surface area contributed by atoms with Crippen molar-refractivity contribution in [2.45, 2.75) is 58.7 Å². The van der Waals surface area contributed by atoms with Gasteiger partial charge in [0.15, 0.2) is 10.6 Å². The Bertz CT molecular complexity index is 970. The third kappa shape index (κ3) is 4.98. The summed E-state index contributed by atoms with van der Waals surface area (Å²) >= 11 is 5.23. The second kappa shape index (κ2) is 10.6. The van der Waals surface area contributed by atoms with Gasteiger partial charge in [-0.05, 0) is 38.0 Å². The van der Waals surface area contributed by atoms with Crippen molar-refractivity contribution >= 4 is 24.0 Å². The van der Waals surface area contributed by atoms with Crippen LogP contribution in [0.1, 0.15) is 57.0 Å². The van der Waals surface area contributed by atoms with Crippen molar-refractivity contribution in [2.24, 2.45) is 5.92 Å². The van der Waals surface area contributed by atoms with Gasteiger partial charge in [-0.2, -0.15) is 5.10 Å². The third-order valence-electron chi connectivity index (χ3n) is 5.83. The second-order valence-corrected chi connectivity index (χ2v) is 8.07. The molecule has 1 saturated heterocycles. The largest absolute Gasteiger partial charge is 0.496 e. The van der Waals surface area contributed by atoms with Gasteiger partial charge in [0.05, 0.1) is 25.6 Å². The Morgan fingerprint density at radius 1 is 1.35 bits per heavy atom. The minimum absolute atomic E-state index is 0.0836. The predicted molar refractivity (Wildman–Crippen MR) is 120 cm³/mol. The number of hydrogen-bond acceptors (Lipinski definition) is 5. The van der Waals surface area contributed by atoms with E-state index in [4.69, 9.17) is 17.0 Å². The molecular weight excluding hydrogens is 414 g/mol. The van der Waals surface area contributed by atoms with Gasteiger partial charge in [0.2, 0.25) is 11.8 Å². The topological polar surface area (TPSA) is 92.3 Å². The van der Waals surface area contributed by atoms with Crippen LogP contribution in [-0.4, -0.2) is 45.1 Å². The highest BCUT2D eigenvalue weighted by atomic mass is 32.1. The van der Waals surface area contributed by atoms with Gasteiger partial charge in [-0.3, -0.25) is 14.7 Å². The monoisotopic (exact) mass is 445 g/mol. The molecule has 0 aliphatic carbocycles. The molecule has 0 radical (unpaired) electrons. The van der Waals surface area contributed by atoms with E-state index in [0.29, 0.717) is 42.3 Å². The summed E-state index contributed by atoms with van der Waals surface area (Å²) in [7, 11) is 1.61. The Morgan fingerprint density at radius 3 is 2.84 bits per heavy atom. The molecule has 2 atom stereocenters. The van der Waals surface area contributed by atoms with Gasteiger partial charge in [0.25, 0.3) is 0 Å². The first kappa shape index (κ1) is 23.0. The molecular formula is C22H31N5O3S. The number of aromatic amines is 1. The smallest absolute Gasteiger partial charge is 0.225 e. The molecule has 2 N–H and O–H groups in total. The maximum absolute atomic E-state index is 13.3. The van der Waals surface area contributed by atoms with Crippen LogP contribution < -0.4 is 10.1 Å². The number of carbonyl (C=O) groups is 2. The molecule has 3 rings (SSSR count). The molecule has 2 aromatic rings. The molecule has 1 aromatic heterocycles. The van der Waals surface area contributed by atoms with Gasteiger partial charge >= 0.3 is 0 Å². The summed E-state index contributed by atoms with van der Waals surface area (Å²) in [6.45, 7) is 5.64. The van der Waals surface area contributed by atoms with E-state index in [-0.39, 0.29) is 30.3 Å². The number of H-pyrrole nitrogens is 1. The van der Waals surface area contributed by atoms with Crippen LogP contribution in [0.5, 0.6) is 5.75 Å². The number of aromatic nitrogens is 3. The van der Waals surface area contributed by atoms with Crippen LogP contribution in [0.15, 0.2) is 24.3 Å². The van der Waals surface area contributed by atoms with Crippen molar-refractivity contribution in [3.05, 3.63) is 40.4 Å². The van der Waals surface area contributed by atoms with E-state index in [2.05, 4.69) is 22.4 Å². The number of amides is 2.